The second-order valence-corrected chi connectivity index (χ2v) is 5.37. The van der Waals surface area contributed by atoms with Gasteiger partial charge in [-0.25, -0.2) is 4.98 Å². The minimum atomic E-state index is 0.274. The number of hydrogen-bond acceptors (Lipinski definition) is 6. The largest absolute Gasteiger partial charge is 0.258 e. The molecule has 1 aromatic carbocycles. The molecule has 102 valence electrons. The van der Waals surface area contributed by atoms with Crippen LogP contribution in [0, 0.1) is 11.3 Å². The Morgan fingerprint density at radius 1 is 1.10 bits per heavy atom. The zero-order chi connectivity index (χ0) is 14.7. The summed E-state index contributed by atoms with van der Waals surface area (Å²) >= 11 is 7.11. The highest BCUT2D eigenvalue weighted by Crippen LogP contribution is 2.24. The van der Waals surface area contributed by atoms with Gasteiger partial charge < -0.3 is 0 Å². The third-order valence-corrected chi connectivity index (χ3v) is 3.58. The second-order valence-electron chi connectivity index (χ2n) is 3.94. The molecule has 3 aromatic rings. The van der Waals surface area contributed by atoms with Gasteiger partial charge in [0, 0.05) is 10.6 Å². The average Bonchev–Trinajstić information content (AvgIpc) is 2.97. The van der Waals surface area contributed by atoms with Crippen molar-refractivity contribution in [2.24, 2.45) is 0 Å². The van der Waals surface area contributed by atoms with Gasteiger partial charge in [0.05, 0.1) is 0 Å². The van der Waals surface area contributed by atoms with E-state index in [1.165, 1.54) is 11.8 Å². The first-order valence-corrected chi connectivity index (χ1v) is 7.04. The van der Waals surface area contributed by atoms with Gasteiger partial charge in [0.15, 0.2) is 11.5 Å². The Morgan fingerprint density at radius 3 is 2.57 bits per heavy atom. The number of nitrogens with one attached hydrogen (secondary N) is 1. The van der Waals surface area contributed by atoms with Crippen molar-refractivity contribution in [1.82, 2.24) is 25.4 Å². The van der Waals surface area contributed by atoms with E-state index in [9.17, 15) is 0 Å². The second kappa shape index (κ2) is 5.91. The van der Waals surface area contributed by atoms with E-state index in [2.05, 4.69) is 25.4 Å². The van der Waals surface area contributed by atoms with Crippen LogP contribution in [0.1, 0.15) is 5.69 Å². The van der Waals surface area contributed by atoms with E-state index in [4.69, 9.17) is 16.9 Å². The van der Waals surface area contributed by atoms with Gasteiger partial charge in [-0.15, -0.1) is 15.3 Å². The molecule has 0 saturated carbocycles. The minimum absolute atomic E-state index is 0.274. The topological polar surface area (TPSA) is 91.1 Å². The summed E-state index contributed by atoms with van der Waals surface area (Å²) in [6, 6.07) is 12.5. The third-order valence-electron chi connectivity index (χ3n) is 2.53. The van der Waals surface area contributed by atoms with Crippen LogP contribution in [-0.2, 0) is 0 Å². The third kappa shape index (κ3) is 3.18. The molecule has 1 N–H and O–H groups in total. The highest BCUT2D eigenvalue weighted by Gasteiger charge is 2.08. The van der Waals surface area contributed by atoms with Crippen LogP contribution >= 0.6 is 23.4 Å². The van der Waals surface area contributed by atoms with Crippen LogP contribution in [0.2, 0.25) is 5.02 Å². The van der Waals surface area contributed by atoms with Crippen molar-refractivity contribution >= 4 is 23.4 Å². The molecule has 0 saturated heterocycles. The Morgan fingerprint density at radius 2 is 1.90 bits per heavy atom. The van der Waals surface area contributed by atoms with Crippen LogP contribution in [0.25, 0.3) is 11.4 Å². The summed E-state index contributed by atoms with van der Waals surface area (Å²) in [5.74, 6) is 0.649. The van der Waals surface area contributed by atoms with E-state index < -0.39 is 0 Å². The summed E-state index contributed by atoms with van der Waals surface area (Å²) in [6.45, 7) is 0. The van der Waals surface area contributed by atoms with Gasteiger partial charge in [-0.3, -0.25) is 5.10 Å². The number of nitriles is 1. The van der Waals surface area contributed by atoms with Crippen molar-refractivity contribution < 1.29 is 0 Å². The van der Waals surface area contributed by atoms with Crippen LogP contribution in [0.4, 0.5) is 0 Å². The van der Waals surface area contributed by atoms with Crippen molar-refractivity contribution in [2.45, 2.75) is 10.2 Å². The number of nitrogens with zero attached hydrogens (tertiary/aromatic N) is 5. The molecular weight excluding hydrogens is 308 g/mol. The molecule has 0 atom stereocenters. The summed E-state index contributed by atoms with van der Waals surface area (Å²) in [4.78, 5) is 4.37. The van der Waals surface area contributed by atoms with Crippen LogP contribution < -0.4 is 0 Å². The predicted octanol–water partition coefficient (Wildman–Crippen LogP) is 2.94. The van der Waals surface area contributed by atoms with E-state index in [-0.39, 0.29) is 5.69 Å². The Labute approximate surface area is 129 Å². The van der Waals surface area contributed by atoms with Crippen LogP contribution in [-0.4, -0.2) is 25.4 Å². The summed E-state index contributed by atoms with van der Waals surface area (Å²) in [5, 5.41) is 25.1. The molecule has 0 spiro atoms. The number of rotatable bonds is 3. The standard InChI is InChI=1S/C13H7ClN6S/c14-9-3-1-8(2-4-9)12-16-13(20-19-12)21-11-6-5-10(7-15)17-18-11/h1-6H,(H,16,19,20). The quantitative estimate of drug-likeness (QED) is 0.799. The lowest BCUT2D eigenvalue weighted by atomic mass is 10.2. The summed E-state index contributed by atoms with van der Waals surface area (Å²) in [7, 11) is 0. The minimum Gasteiger partial charge on any atom is -0.258 e. The molecule has 3 rings (SSSR count). The maximum Gasteiger partial charge on any atom is 0.215 e. The smallest absolute Gasteiger partial charge is 0.215 e. The van der Waals surface area contributed by atoms with Crippen molar-refractivity contribution in [1.29, 1.82) is 5.26 Å². The van der Waals surface area contributed by atoms with Gasteiger partial charge in [-0.05, 0) is 48.2 Å². The van der Waals surface area contributed by atoms with E-state index in [1.807, 2.05) is 18.2 Å². The lowest BCUT2D eigenvalue weighted by Crippen LogP contribution is -1.89. The Bertz CT molecular complexity index is 791. The number of halogens is 1. The van der Waals surface area contributed by atoms with Gasteiger partial charge in [0.1, 0.15) is 11.1 Å². The molecule has 0 aliphatic rings. The molecule has 6 nitrogen and oxygen atoms in total. The molecule has 0 aliphatic carbocycles. The molecule has 0 fully saturated rings. The lowest BCUT2D eigenvalue weighted by molar-refractivity contribution is 0.904. The Balaban J connectivity index is 1.78. The van der Waals surface area contributed by atoms with Gasteiger partial charge in [0.2, 0.25) is 5.16 Å². The Hall–Kier alpha value is -2.43. The first-order chi connectivity index (χ1) is 10.2. The molecule has 2 aromatic heterocycles. The van der Waals surface area contributed by atoms with Crippen LogP contribution in [0.3, 0.4) is 0 Å². The number of H-pyrrole nitrogens is 1. The molecule has 0 amide bonds. The average molecular weight is 315 g/mol. The molecule has 2 heterocycles. The monoisotopic (exact) mass is 314 g/mol. The zero-order valence-corrected chi connectivity index (χ0v) is 12.1. The summed E-state index contributed by atoms with van der Waals surface area (Å²) in [6.07, 6.45) is 0. The van der Waals surface area contributed by atoms with Gasteiger partial charge >= 0.3 is 0 Å². The first kappa shape index (κ1) is 13.5. The van der Waals surface area contributed by atoms with E-state index in [1.54, 1.807) is 24.3 Å². The zero-order valence-electron chi connectivity index (χ0n) is 10.5. The van der Waals surface area contributed by atoms with E-state index in [0.717, 1.165) is 5.56 Å². The molecule has 0 radical (unpaired) electrons. The number of aromatic nitrogens is 5. The predicted molar refractivity (Wildman–Crippen MR) is 77.7 cm³/mol. The molecule has 21 heavy (non-hydrogen) atoms. The molecule has 8 heteroatoms. The van der Waals surface area contributed by atoms with Crippen molar-refractivity contribution in [2.75, 3.05) is 0 Å². The van der Waals surface area contributed by atoms with E-state index in [0.29, 0.717) is 21.0 Å². The summed E-state index contributed by atoms with van der Waals surface area (Å²) < 4.78 is 0. The van der Waals surface area contributed by atoms with Gasteiger partial charge in [-0.2, -0.15) is 5.26 Å². The normalized spacial score (nSPS) is 10.3. The number of aromatic amines is 1. The van der Waals surface area contributed by atoms with Crippen LogP contribution in [0.5, 0.6) is 0 Å². The number of benzene rings is 1. The highest BCUT2D eigenvalue weighted by molar-refractivity contribution is 7.99. The fourth-order valence-electron chi connectivity index (χ4n) is 1.56. The van der Waals surface area contributed by atoms with Gasteiger partial charge in [0.25, 0.3) is 0 Å². The fraction of sp³-hybridized carbons (Fsp3) is 0. The van der Waals surface area contributed by atoms with Crippen molar-refractivity contribution in [3.8, 4) is 17.5 Å². The maximum atomic E-state index is 8.67. The fourth-order valence-corrected chi connectivity index (χ4v) is 2.32. The van der Waals surface area contributed by atoms with Crippen molar-refractivity contribution in [3.63, 3.8) is 0 Å². The Kier molecular flexibility index (Phi) is 3.81. The summed E-state index contributed by atoms with van der Waals surface area (Å²) in [5.41, 5.74) is 1.17. The number of hydrogen-bond donors (Lipinski definition) is 1. The molecular formula is C13H7ClN6S. The first-order valence-electron chi connectivity index (χ1n) is 5.84. The molecule has 0 unspecified atom stereocenters. The van der Waals surface area contributed by atoms with Gasteiger partial charge in [-0.1, -0.05) is 11.6 Å². The van der Waals surface area contributed by atoms with Crippen LogP contribution in [0.15, 0.2) is 46.6 Å². The molecule has 0 aliphatic heterocycles. The SMILES string of the molecule is N#Cc1ccc(Sc2n[nH]c(-c3ccc(Cl)cc3)n2)nn1. The lowest BCUT2D eigenvalue weighted by Gasteiger charge is -1.95. The maximum absolute atomic E-state index is 8.67. The highest BCUT2D eigenvalue weighted by atomic mass is 35.5. The van der Waals surface area contributed by atoms with Crippen molar-refractivity contribution in [3.05, 3.63) is 47.1 Å². The molecule has 0 bridgehead atoms. The van der Waals surface area contributed by atoms with E-state index >= 15 is 0 Å².